The summed E-state index contributed by atoms with van der Waals surface area (Å²) < 4.78 is 4.00. The fraction of sp³-hybridized carbons (Fsp3) is 0.500. The van der Waals surface area contributed by atoms with Crippen LogP contribution in [-0.2, 0) is 13.1 Å². The normalized spacial score (nSPS) is 15.3. The van der Waals surface area contributed by atoms with Crippen molar-refractivity contribution < 1.29 is 4.79 Å². The average Bonchev–Trinajstić information content (AvgIpc) is 3.42. The number of rotatable bonds is 5. The number of likely N-dealkylation sites (tertiary alicyclic amines) is 1. The van der Waals surface area contributed by atoms with Gasteiger partial charge in [0.2, 0.25) is 0 Å². The molecule has 4 rings (SSSR count). The van der Waals surface area contributed by atoms with E-state index in [2.05, 4.69) is 25.0 Å². The Morgan fingerprint density at radius 3 is 2.75 bits per heavy atom. The van der Waals surface area contributed by atoms with Crippen LogP contribution in [0.5, 0.6) is 0 Å². The molecular weight excluding hydrogens is 372 g/mol. The number of carbonyl (C=O) groups excluding carboxylic acids is 1. The van der Waals surface area contributed by atoms with Crippen LogP contribution in [0.4, 0.5) is 0 Å². The molecule has 0 atom stereocenters. The van der Waals surface area contributed by atoms with Gasteiger partial charge in [-0.3, -0.25) is 9.48 Å². The highest BCUT2D eigenvalue weighted by Gasteiger charge is 2.28. The molecule has 3 aromatic rings. The molecule has 3 aromatic heterocycles. The van der Waals surface area contributed by atoms with Crippen LogP contribution in [0.25, 0.3) is 0 Å². The topological polar surface area (TPSA) is 68.8 Å². The second-order valence-corrected chi connectivity index (χ2v) is 8.39. The van der Waals surface area contributed by atoms with Gasteiger partial charge in [-0.15, -0.1) is 11.3 Å². The monoisotopic (exact) mass is 398 g/mol. The number of nitrogens with zero attached hydrogens (tertiary/aromatic N) is 6. The lowest BCUT2D eigenvalue weighted by atomic mass is 9.95. The lowest BCUT2D eigenvalue weighted by molar-refractivity contribution is 0.0698. The van der Waals surface area contributed by atoms with Crippen molar-refractivity contribution in [1.29, 1.82) is 0 Å². The lowest BCUT2D eigenvalue weighted by Crippen LogP contribution is -2.39. The molecule has 0 aliphatic carbocycles. The molecule has 0 spiro atoms. The molecule has 1 aliphatic heterocycles. The Hall–Kier alpha value is -2.48. The summed E-state index contributed by atoms with van der Waals surface area (Å²) >= 11 is 1.68. The number of carbonyl (C=O) groups is 1. The highest BCUT2D eigenvalue weighted by atomic mass is 32.1. The Bertz CT molecular complexity index is 963. The van der Waals surface area contributed by atoms with Gasteiger partial charge in [0, 0.05) is 43.3 Å². The molecule has 0 bridgehead atoms. The van der Waals surface area contributed by atoms with Crippen LogP contribution in [-0.4, -0.2) is 48.2 Å². The van der Waals surface area contributed by atoms with Gasteiger partial charge >= 0.3 is 0 Å². The summed E-state index contributed by atoms with van der Waals surface area (Å²) in [5.41, 5.74) is 2.66. The van der Waals surface area contributed by atoms with Gasteiger partial charge in [-0.25, -0.2) is 9.97 Å². The third-order valence-electron chi connectivity index (χ3n) is 5.31. The van der Waals surface area contributed by atoms with Crippen molar-refractivity contribution in [3.05, 3.63) is 51.8 Å². The van der Waals surface area contributed by atoms with Crippen LogP contribution in [0.15, 0.2) is 23.8 Å². The zero-order chi connectivity index (χ0) is 19.7. The summed E-state index contributed by atoms with van der Waals surface area (Å²) in [4.78, 5) is 24.1. The quantitative estimate of drug-likeness (QED) is 0.662. The highest BCUT2D eigenvalue weighted by molar-refractivity contribution is 7.09. The van der Waals surface area contributed by atoms with E-state index in [0.717, 1.165) is 54.7 Å². The largest absolute Gasteiger partial charge is 0.337 e. The Balaban J connectivity index is 1.42. The number of hydrogen-bond donors (Lipinski definition) is 0. The maximum absolute atomic E-state index is 12.9. The van der Waals surface area contributed by atoms with Crippen LogP contribution in [0, 0.1) is 13.8 Å². The summed E-state index contributed by atoms with van der Waals surface area (Å²) in [5, 5.41) is 7.60. The predicted molar refractivity (Wildman–Crippen MR) is 109 cm³/mol. The van der Waals surface area contributed by atoms with Gasteiger partial charge in [0.05, 0.1) is 22.9 Å². The van der Waals surface area contributed by atoms with E-state index in [1.807, 2.05) is 44.1 Å². The molecule has 0 N–H and O–H groups in total. The van der Waals surface area contributed by atoms with Crippen molar-refractivity contribution in [3.63, 3.8) is 0 Å². The third kappa shape index (κ3) is 3.73. The molecular formula is C20H26N6OS. The minimum absolute atomic E-state index is 0.0854. The van der Waals surface area contributed by atoms with Crippen LogP contribution >= 0.6 is 11.3 Å². The van der Waals surface area contributed by atoms with E-state index in [9.17, 15) is 4.79 Å². The molecule has 1 amide bonds. The predicted octanol–water partition coefficient (Wildman–Crippen LogP) is 3.24. The number of hydrogen-bond acceptors (Lipinski definition) is 5. The Morgan fingerprint density at radius 2 is 2.07 bits per heavy atom. The fourth-order valence-corrected chi connectivity index (χ4v) is 4.53. The second-order valence-electron chi connectivity index (χ2n) is 7.32. The van der Waals surface area contributed by atoms with E-state index in [0.29, 0.717) is 18.2 Å². The average molecular weight is 399 g/mol. The smallest absolute Gasteiger partial charge is 0.272 e. The number of aryl methyl sites for hydroxylation is 3. The number of aromatic nitrogens is 5. The summed E-state index contributed by atoms with van der Waals surface area (Å²) in [5.74, 6) is 1.56. The fourth-order valence-electron chi connectivity index (χ4n) is 3.93. The van der Waals surface area contributed by atoms with Crippen molar-refractivity contribution in [2.45, 2.75) is 52.6 Å². The van der Waals surface area contributed by atoms with E-state index < -0.39 is 0 Å². The SMILES string of the molecule is CCn1nc(C)cc1C(=O)N1CCC(c2nccn2Cc2csc(C)n2)CC1. The summed E-state index contributed by atoms with van der Waals surface area (Å²) in [6, 6.07) is 1.89. The first-order valence-corrected chi connectivity index (χ1v) is 10.7. The molecule has 0 unspecified atom stereocenters. The van der Waals surface area contributed by atoms with Crippen molar-refractivity contribution in [3.8, 4) is 0 Å². The molecule has 1 saturated heterocycles. The van der Waals surface area contributed by atoms with Gasteiger partial charge in [-0.2, -0.15) is 5.10 Å². The van der Waals surface area contributed by atoms with Crippen molar-refractivity contribution in [2.24, 2.45) is 0 Å². The summed E-state index contributed by atoms with van der Waals surface area (Å²) in [7, 11) is 0. The minimum Gasteiger partial charge on any atom is -0.337 e. The molecule has 1 aliphatic rings. The van der Waals surface area contributed by atoms with Crippen LogP contribution in [0.1, 0.15) is 58.4 Å². The first kappa shape index (κ1) is 18.9. The number of imidazole rings is 1. The standard InChI is InChI=1S/C20H26N6OS/c1-4-26-18(11-14(2)23-26)20(27)24-8-5-16(6-9-24)19-21-7-10-25(19)12-17-13-28-15(3)22-17/h7,10-11,13,16H,4-6,8-9,12H2,1-3H3. The molecule has 148 valence electrons. The molecule has 4 heterocycles. The molecule has 8 heteroatoms. The molecule has 7 nitrogen and oxygen atoms in total. The van der Waals surface area contributed by atoms with Crippen LogP contribution < -0.4 is 0 Å². The Labute approximate surface area is 169 Å². The Kier molecular flexibility index (Phi) is 5.30. The number of thiazole rings is 1. The van der Waals surface area contributed by atoms with Crippen LogP contribution in [0.2, 0.25) is 0 Å². The maximum atomic E-state index is 12.9. The van der Waals surface area contributed by atoms with E-state index in [1.54, 1.807) is 16.0 Å². The van der Waals surface area contributed by atoms with Gasteiger partial charge in [0.25, 0.3) is 5.91 Å². The van der Waals surface area contributed by atoms with E-state index >= 15 is 0 Å². The first-order chi connectivity index (χ1) is 13.5. The molecule has 1 fully saturated rings. The van der Waals surface area contributed by atoms with Gasteiger partial charge < -0.3 is 9.47 Å². The van der Waals surface area contributed by atoms with Crippen LogP contribution in [0.3, 0.4) is 0 Å². The van der Waals surface area contributed by atoms with Gasteiger partial charge in [0.1, 0.15) is 11.5 Å². The summed E-state index contributed by atoms with van der Waals surface area (Å²) in [6.45, 7) is 8.94. The maximum Gasteiger partial charge on any atom is 0.272 e. The summed E-state index contributed by atoms with van der Waals surface area (Å²) in [6.07, 6.45) is 5.76. The van der Waals surface area contributed by atoms with Gasteiger partial charge in [-0.1, -0.05) is 0 Å². The van der Waals surface area contributed by atoms with E-state index in [1.165, 1.54) is 0 Å². The Morgan fingerprint density at radius 1 is 1.29 bits per heavy atom. The van der Waals surface area contributed by atoms with E-state index in [-0.39, 0.29) is 5.91 Å². The zero-order valence-electron chi connectivity index (χ0n) is 16.6. The lowest BCUT2D eigenvalue weighted by Gasteiger charge is -2.32. The third-order valence-corrected chi connectivity index (χ3v) is 6.14. The van der Waals surface area contributed by atoms with Gasteiger partial charge in [-0.05, 0) is 39.7 Å². The molecule has 0 radical (unpaired) electrons. The second kappa shape index (κ2) is 7.87. The minimum atomic E-state index is 0.0854. The molecule has 28 heavy (non-hydrogen) atoms. The van der Waals surface area contributed by atoms with Crippen molar-refractivity contribution in [1.82, 2.24) is 29.2 Å². The van der Waals surface area contributed by atoms with Gasteiger partial charge in [0.15, 0.2) is 0 Å². The zero-order valence-corrected chi connectivity index (χ0v) is 17.4. The molecule has 0 aromatic carbocycles. The molecule has 0 saturated carbocycles. The number of piperidine rings is 1. The first-order valence-electron chi connectivity index (χ1n) is 9.81. The highest BCUT2D eigenvalue weighted by Crippen LogP contribution is 2.28. The number of amides is 1. The van der Waals surface area contributed by atoms with Crippen molar-refractivity contribution in [2.75, 3.05) is 13.1 Å². The van der Waals surface area contributed by atoms with E-state index in [4.69, 9.17) is 0 Å². The van der Waals surface area contributed by atoms with Crippen molar-refractivity contribution >= 4 is 17.2 Å².